The summed E-state index contributed by atoms with van der Waals surface area (Å²) < 4.78 is 19.1. The highest BCUT2D eigenvalue weighted by Gasteiger charge is 2.34. The number of likely N-dealkylation sites (tertiary alicyclic amines) is 1. The van der Waals surface area contributed by atoms with Gasteiger partial charge in [-0.1, -0.05) is 5.16 Å². The van der Waals surface area contributed by atoms with E-state index in [1.54, 1.807) is 11.9 Å². The van der Waals surface area contributed by atoms with Crippen molar-refractivity contribution in [2.75, 3.05) is 25.5 Å². The van der Waals surface area contributed by atoms with Crippen molar-refractivity contribution in [3.8, 4) is 0 Å². The van der Waals surface area contributed by atoms with Crippen molar-refractivity contribution >= 4 is 23.1 Å². The number of carbonyl (C=O) groups is 1. The number of alkyl halides is 1. The van der Waals surface area contributed by atoms with Crippen LogP contribution < -0.4 is 5.32 Å². The fourth-order valence-electron chi connectivity index (χ4n) is 2.95. The Kier molecular flexibility index (Phi) is 5.15. The van der Waals surface area contributed by atoms with Gasteiger partial charge in [-0.2, -0.15) is 11.3 Å². The fourth-order valence-corrected chi connectivity index (χ4v) is 3.54. The van der Waals surface area contributed by atoms with Gasteiger partial charge in [-0.15, -0.1) is 0 Å². The molecule has 130 valence electrons. The summed E-state index contributed by atoms with van der Waals surface area (Å²) in [5, 5.41) is 10.5. The van der Waals surface area contributed by atoms with Gasteiger partial charge in [-0.05, 0) is 24.8 Å². The van der Waals surface area contributed by atoms with Crippen LogP contribution in [-0.2, 0) is 6.54 Å². The number of nitrogens with one attached hydrogen (secondary N) is 1. The second-order valence-electron chi connectivity index (χ2n) is 6.17. The van der Waals surface area contributed by atoms with Gasteiger partial charge in [0, 0.05) is 37.6 Å². The molecule has 1 aliphatic rings. The van der Waals surface area contributed by atoms with E-state index in [1.165, 1.54) is 11.3 Å². The molecule has 0 aliphatic carbocycles. The lowest BCUT2D eigenvalue weighted by Crippen LogP contribution is -2.42. The Labute approximate surface area is 144 Å². The number of amides is 2. The third kappa shape index (κ3) is 4.12. The zero-order chi connectivity index (χ0) is 17.1. The summed E-state index contributed by atoms with van der Waals surface area (Å²) in [4.78, 5) is 15.8. The minimum absolute atomic E-state index is 0.0383. The molecule has 1 aliphatic heterocycles. The molecule has 0 spiro atoms. The van der Waals surface area contributed by atoms with Gasteiger partial charge in [0.05, 0.1) is 17.9 Å². The first-order valence-electron chi connectivity index (χ1n) is 7.86. The minimum atomic E-state index is -0.882. The van der Waals surface area contributed by atoms with Crippen LogP contribution in [-0.4, -0.2) is 53.3 Å². The third-order valence-electron chi connectivity index (χ3n) is 4.12. The number of hydrogen-bond acceptors (Lipinski definition) is 5. The Morgan fingerprint density at radius 1 is 1.62 bits per heavy atom. The number of hydrogen-bond donors (Lipinski definition) is 1. The normalized spacial score (nSPS) is 21.1. The fraction of sp³-hybridized carbons (Fsp3) is 0.500. The largest absolute Gasteiger partial charge is 0.360 e. The van der Waals surface area contributed by atoms with Crippen LogP contribution in [0.4, 0.5) is 14.9 Å². The molecule has 2 aromatic rings. The molecule has 0 unspecified atom stereocenters. The molecule has 8 heteroatoms. The van der Waals surface area contributed by atoms with E-state index in [1.807, 2.05) is 34.7 Å². The summed E-state index contributed by atoms with van der Waals surface area (Å²) >= 11 is 1.52. The molecule has 3 heterocycles. The number of nitrogens with zero attached hydrogens (tertiary/aromatic N) is 3. The van der Waals surface area contributed by atoms with Crippen LogP contribution in [0.15, 0.2) is 27.4 Å². The van der Waals surface area contributed by atoms with Crippen molar-refractivity contribution in [3.63, 3.8) is 0 Å². The van der Waals surface area contributed by atoms with Gasteiger partial charge in [-0.3, -0.25) is 4.90 Å². The SMILES string of the molecule is Cc1cc(CN2C[C@@H](F)C[C@H]2CN(C)C(=O)Nc2ccsc2)on1. The van der Waals surface area contributed by atoms with Crippen LogP contribution in [0.3, 0.4) is 0 Å². The van der Waals surface area contributed by atoms with Gasteiger partial charge in [0.25, 0.3) is 0 Å². The summed E-state index contributed by atoms with van der Waals surface area (Å²) in [6, 6.07) is 3.48. The maximum atomic E-state index is 13.9. The molecule has 24 heavy (non-hydrogen) atoms. The number of rotatable bonds is 5. The quantitative estimate of drug-likeness (QED) is 0.898. The molecule has 2 atom stereocenters. The van der Waals surface area contributed by atoms with Gasteiger partial charge < -0.3 is 14.7 Å². The summed E-state index contributed by atoms with van der Waals surface area (Å²) in [5.74, 6) is 0.719. The van der Waals surface area contributed by atoms with Crippen molar-refractivity contribution in [2.24, 2.45) is 0 Å². The number of likely N-dealkylation sites (N-methyl/N-ethyl adjacent to an activating group) is 1. The van der Waals surface area contributed by atoms with Crippen molar-refractivity contribution in [1.29, 1.82) is 0 Å². The van der Waals surface area contributed by atoms with E-state index in [9.17, 15) is 9.18 Å². The van der Waals surface area contributed by atoms with E-state index in [-0.39, 0.29) is 12.1 Å². The second-order valence-corrected chi connectivity index (χ2v) is 6.95. The van der Waals surface area contributed by atoms with Crippen molar-refractivity contribution in [2.45, 2.75) is 32.1 Å². The monoisotopic (exact) mass is 352 g/mol. The van der Waals surface area contributed by atoms with Crippen molar-refractivity contribution < 1.29 is 13.7 Å². The third-order valence-corrected chi connectivity index (χ3v) is 4.80. The van der Waals surface area contributed by atoms with Gasteiger partial charge >= 0.3 is 6.03 Å². The molecule has 0 radical (unpaired) electrons. The standard InChI is InChI=1S/C16H21FN4O2S/c1-11-5-15(23-19-11)9-21-7-12(17)6-14(21)8-20(2)16(22)18-13-3-4-24-10-13/h3-5,10,12,14H,6-9H2,1-2H3,(H,18,22)/t12-,14-/m0/s1. The maximum Gasteiger partial charge on any atom is 0.321 e. The highest BCUT2D eigenvalue weighted by atomic mass is 32.1. The van der Waals surface area contributed by atoms with Crippen LogP contribution in [0.2, 0.25) is 0 Å². The lowest BCUT2D eigenvalue weighted by molar-refractivity contribution is 0.171. The Balaban J connectivity index is 1.58. The number of thiophene rings is 1. The first kappa shape index (κ1) is 16.9. The smallest absolute Gasteiger partial charge is 0.321 e. The first-order chi connectivity index (χ1) is 11.5. The maximum absolute atomic E-state index is 13.9. The summed E-state index contributed by atoms with van der Waals surface area (Å²) in [5.41, 5.74) is 1.59. The second kappa shape index (κ2) is 7.31. The number of carbonyl (C=O) groups excluding carboxylic acids is 1. The van der Waals surface area contributed by atoms with Gasteiger partial charge in [0.2, 0.25) is 0 Å². The van der Waals surface area contributed by atoms with Crippen molar-refractivity contribution in [3.05, 3.63) is 34.3 Å². The number of urea groups is 1. The molecule has 1 saturated heterocycles. The minimum Gasteiger partial charge on any atom is -0.360 e. The van der Waals surface area contributed by atoms with E-state index in [4.69, 9.17) is 4.52 Å². The molecular weight excluding hydrogens is 331 g/mol. The van der Waals surface area contributed by atoms with Crippen LogP contribution in [0, 0.1) is 6.92 Å². The molecule has 0 saturated carbocycles. The predicted octanol–water partition coefficient (Wildman–Crippen LogP) is 3.12. The average molecular weight is 352 g/mol. The topological polar surface area (TPSA) is 61.6 Å². The zero-order valence-electron chi connectivity index (χ0n) is 13.7. The summed E-state index contributed by atoms with van der Waals surface area (Å²) in [7, 11) is 1.73. The number of aromatic nitrogens is 1. The Morgan fingerprint density at radius 3 is 3.12 bits per heavy atom. The summed E-state index contributed by atoms with van der Waals surface area (Å²) in [6.45, 7) is 3.18. The van der Waals surface area contributed by atoms with Crippen LogP contribution in [0.25, 0.3) is 0 Å². The molecule has 1 fully saturated rings. The number of halogens is 1. The molecule has 0 aromatic carbocycles. The first-order valence-corrected chi connectivity index (χ1v) is 8.80. The van der Waals surface area contributed by atoms with E-state index in [2.05, 4.69) is 10.5 Å². The van der Waals surface area contributed by atoms with Gasteiger partial charge in [-0.25, -0.2) is 9.18 Å². The molecular formula is C16H21FN4O2S. The Morgan fingerprint density at radius 2 is 2.46 bits per heavy atom. The zero-order valence-corrected chi connectivity index (χ0v) is 14.6. The molecule has 2 amide bonds. The van der Waals surface area contributed by atoms with E-state index in [0.29, 0.717) is 26.1 Å². The molecule has 3 rings (SSSR count). The van der Waals surface area contributed by atoms with Crippen LogP contribution in [0.1, 0.15) is 17.9 Å². The van der Waals surface area contributed by atoms with Crippen molar-refractivity contribution in [1.82, 2.24) is 15.0 Å². The van der Waals surface area contributed by atoms with Crippen LogP contribution >= 0.6 is 11.3 Å². The highest BCUT2D eigenvalue weighted by molar-refractivity contribution is 7.08. The average Bonchev–Trinajstić information content (AvgIpc) is 3.23. The molecule has 6 nitrogen and oxygen atoms in total. The summed E-state index contributed by atoms with van der Waals surface area (Å²) in [6.07, 6.45) is -0.462. The van der Waals surface area contributed by atoms with Crippen LogP contribution in [0.5, 0.6) is 0 Å². The number of anilines is 1. The van der Waals surface area contributed by atoms with E-state index < -0.39 is 6.17 Å². The lowest BCUT2D eigenvalue weighted by Gasteiger charge is -2.27. The van der Waals surface area contributed by atoms with E-state index in [0.717, 1.165) is 17.1 Å². The predicted molar refractivity (Wildman–Crippen MR) is 90.9 cm³/mol. The number of aryl methyl sites for hydroxylation is 1. The van der Waals surface area contributed by atoms with Gasteiger partial charge in [0.15, 0.2) is 5.76 Å². The Hall–Kier alpha value is -1.93. The Bertz CT molecular complexity index is 675. The lowest BCUT2D eigenvalue weighted by atomic mass is 10.2. The molecule has 1 N–H and O–H groups in total. The highest BCUT2D eigenvalue weighted by Crippen LogP contribution is 2.24. The van der Waals surface area contributed by atoms with E-state index >= 15 is 0 Å². The molecule has 2 aromatic heterocycles. The molecule has 0 bridgehead atoms. The van der Waals surface area contributed by atoms with Gasteiger partial charge in [0.1, 0.15) is 6.17 Å².